The molecule has 1 N–H and O–H groups in total. The second kappa shape index (κ2) is 10.1. The highest BCUT2D eigenvalue weighted by Crippen LogP contribution is 2.33. The van der Waals surface area contributed by atoms with Gasteiger partial charge in [0, 0.05) is 50.5 Å². The molecule has 178 valence electrons. The molecule has 2 amide bonds. The standard InChI is InChI=1S/C26H30ClN5O2/c1-16-14-31(6-7-32(16)25(33)10-19-4-5-19)15-22-8-20(12-28)9-24(17(22)2)30-26(34)21-11-23(27)18(3)29-13-21/h8-9,11,13,16,19H,4-7,10,14-15H2,1-3H3,(H,30,34). The van der Waals surface area contributed by atoms with Gasteiger partial charge in [-0.05, 0) is 68.9 Å². The van der Waals surface area contributed by atoms with Crippen molar-refractivity contribution in [2.24, 2.45) is 5.92 Å². The summed E-state index contributed by atoms with van der Waals surface area (Å²) in [6.45, 7) is 8.76. The molecule has 0 radical (unpaired) electrons. The van der Waals surface area contributed by atoms with Gasteiger partial charge in [0.1, 0.15) is 0 Å². The van der Waals surface area contributed by atoms with Gasteiger partial charge in [0.2, 0.25) is 5.91 Å². The Morgan fingerprint density at radius 1 is 1.24 bits per heavy atom. The van der Waals surface area contributed by atoms with Crippen LogP contribution in [-0.4, -0.2) is 52.3 Å². The zero-order chi connectivity index (χ0) is 24.4. The summed E-state index contributed by atoms with van der Waals surface area (Å²) in [6.07, 6.45) is 4.53. The lowest BCUT2D eigenvalue weighted by atomic mass is 10.0. The van der Waals surface area contributed by atoms with Crippen LogP contribution in [-0.2, 0) is 11.3 Å². The number of aromatic nitrogens is 1. The SMILES string of the molecule is Cc1ncc(C(=O)Nc2cc(C#N)cc(CN3CCN(C(=O)CC4CC4)C(C)C3)c2C)cc1Cl. The van der Waals surface area contributed by atoms with Crippen molar-refractivity contribution in [3.63, 3.8) is 0 Å². The first-order valence-electron chi connectivity index (χ1n) is 11.7. The lowest BCUT2D eigenvalue weighted by Crippen LogP contribution is -2.53. The lowest BCUT2D eigenvalue weighted by molar-refractivity contribution is -0.136. The summed E-state index contributed by atoms with van der Waals surface area (Å²) < 4.78 is 0. The Morgan fingerprint density at radius 3 is 2.65 bits per heavy atom. The molecular weight excluding hydrogens is 450 g/mol. The highest BCUT2D eigenvalue weighted by atomic mass is 35.5. The molecule has 1 atom stereocenters. The minimum Gasteiger partial charge on any atom is -0.337 e. The van der Waals surface area contributed by atoms with E-state index < -0.39 is 0 Å². The summed E-state index contributed by atoms with van der Waals surface area (Å²) >= 11 is 6.13. The maximum Gasteiger partial charge on any atom is 0.257 e. The topological polar surface area (TPSA) is 89.3 Å². The fourth-order valence-corrected chi connectivity index (χ4v) is 4.60. The number of hydrogen-bond donors (Lipinski definition) is 1. The van der Waals surface area contributed by atoms with Crippen molar-refractivity contribution in [3.05, 3.63) is 57.4 Å². The van der Waals surface area contributed by atoms with Crippen molar-refractivity contribution in [1.29, 1.82) is 5.26 Å². The minimum atomic E-state index is -0.324. The van der Waals surface area contributed by atoms with Gasteiger partial charge >= 0.3 is 0 Å². The molecule has 2 aromatic rings. The van der Waals surface area contributed by atoms with Crippen LogP contribution < -0.4 is 5.32 Å². The first kappa shape index (κ1) is 24.2. The van der Waals surface area contributed by atoms with Gasteiger partial charge in [-0.1, -0.05) is 11.6 Å². The first-order chi connectivity index (χ1) is 16.2. The molecule has 1 aliphatic heterocycles. The Hall–Kier alpha value is -2.95. The van der Waals surface area contributed by atoms with Gasteiger partial charge in [-0.15, -0.1) is 0 Å². The number of nitriles is 1. The Balaban J connectivity index is 1.46. The van der Waals surface area contributed by atoms with Crippen molar-refractivity contribution in [3.8, 4) is 6.07 Å². The maximum absolute atomic E-state index is 12.8. The normalized spacial score (nSPS) is 18.4. The van der Waals surface area contributed by atoms with Gasteiger partial charge in [0.25, 0.3) is 5.91 Å². The van der Waals surface area contributed by atoms with E-state index in [0.29, 0.717) is 53.0 Å². The molecule has 1 aromatic heterocycles. The number of carbonyl (C=O) groups excluding carboxylic acids is 2. The number of nitrogens with one attached hydrogen (secondary N) is 1. The van der Waals surface area contributed by atoms with Crippen LogP contribution in [0.25, 0.3) is 0 Å². The molecular formula is C26H30ClN5O2. The predicted molar refractivity (Wildman–Crippen MR) is 132 cm³/mol. The number of aryl methyl sites for hydroxylation is 1. The summed E-state index contributed by atoms with van der Waals surface area (Å²) in [5.41, 5.74) is 4.01. The van der Waals surface area contributed by atoms with E-state index in [1.54, 1.807) is 19.1 Å². The molecule has 1 unspecified atom stereocenters. The van der Waals surface area contributed by atoms with Crippen molar-refractivity contribution < 1.29 is 9.59 Å². The Kier molecular flexibility index (Phi) is 7.20. The average Bonchev–Trinajstić information content (AvgIpc) is 3.62. The number of piperazine rings is 1. The summed E-state index contributed by atoms with van der Waals surface area (Å²) in [5.74, 6) is 0.539. The lowest BCUT2D eigenvalue weighted by Gasteiger charge is -2.40. The Morgan fingerprint density at radius 2 is 2.00 bits per heavy atom. The molecule has 34 heavy (non-hydrogen) atoms. The molecule has 1 aromatic carbocycles. The smallest absolute Gasteiger partial charge is 0.257 e. The second-order valence-corrected chi connectivity index (χ2v) is 9.89. The molecule has 1 saturated heterocycles. The van der Waals surface area contributed by atoms with E-state index in [9.17, 15) is 14.9 Å². The molecule has 4 rings (SSSR count). The number of anilines is 1. The van der Waals surface area contributed by atoms with Crippen molar-refractivity contribution in [2.75, 3.05) is 25.0 Å². The molecule has 8 heteroatoms. The number of hydrogen-bond acceptors (Lipinski definition) is 5. The number of pyridine rings is 1. The van der Waals surface area contributed by atoms with E-state index in [2.05, 4.69) is 28.2 Å². The number of benzene rings is 1. The van der Waals surface area contributed by atoms with Crippen LogP contribution in [0.3, 0.4) is 0 Å². The molecule has 2 heterocycles. The minimum absolute atomic E-state index is 0.150. The number of carbonyl (C=O) groups is 2. The molecule has 7 nitrogen and oxygen atoms in total. The predicted octanol–water partition coefficient (Wildman–Crippen LogP) is 4.31. The van der Waals surface area contributed by atoms with E-state index in [4.69, 9.17) is 11.6 Å². The van der Waals surface area contributed by atoms with E-state index in [0.717, 1.165) is 24.2 Å². The maximum atomic E-state index is 12.8. The van der Waals surface area contributed by atoms with Crippen LogP contribution in [0, 0.1) is 31.1 Å². The molecule has 1 aliphatic carbocycles. The van der Waals surface area contributed by atoms with E-state index in [1.165, 1.54) is 19.0 Å². The second-order valence-electron chi connectivity index (χ2n) is 9.48. The van der Waals surface area contributed by atoms with Crippen LogP contribution in [0.4, 0.5) is 5.69 Å². The molecule has 1 saturated carbocycles. The van der Waals surface area contributed by atoms with Gasteiger partial charge in [-0.2, -0.15) is 5.26 Å². The van der Waals surface area contributed by atoms with E-state index in [-0.39, 0.29) is 17.9 Å². The third-order valence-corrected chi connectivity index (χ3v) is 7.15. The van der Waals surface area contributed by atoms with Crippen LogP contribution in [0.5, 0.6) is 0 Å². The van der Waals surface area contributed by atoms with Crippen molar-refractivity contribution in [1.82, 2.24) is 14.8 Å². The largest absolute Gasteiger partial charge is 0.337 e. The van der Waals surface area contributed by atoms with E-state index >= 15 is 0 Å². The van der Waals surface area contributed by atoms with E-state index in [1.807, 2.05) is 17.9 Å². The summed E-state index contributed by atoms with van der Waals surface area (Å²) in [6, 6.07) is 7.51. The Labute approximate surface area is 205 Å². The van der Waals surface area contributed by atoms with Gasteiger partial charge in [0.15, 0.2) is 0 Å². The third-order valence-electron chi connectivity index (χ3n) is 6.77. The van der Waals surface area contributed by atoms with Crippen LogP contribution >= 0.6 is 11.6 Å². The molecule has 0 spiro atoms. The fourth-order valence-electron chi connectivity index (χ4n) is 4.43. The number of rotatable bonds is 6. The van der Waals surface area contributed by atoms with Crippen molar-refractivity contribution in [2.45, 2.75) is 52.6 Å². The van der Waals surface area contributed by atoms with Gasteiger partial charge in [0.05, 0.1) is 27.9 Å². The molecule has 2 fully saturated rings. The van der Waals surface area contributed by atoms with Crippen LogP contribution in [0.15, 0.2) is 24.4 Å². The number of nitrogens with zero attached hydrogens (tertiary/aromatic N) is 4. The van der Waals surface area contributed by atoms with Gasteiger partial charge < -0.3 is 10.2 Å². The average molecular weight is 480 g/mol. The summed E-state index contributed by atoms with van der Waals surface area (Å²) in [5, 5.41) is 12.9. The molecule has 2 aliphatic rings. The number of halogens is 1. The Bertz CT molecular complexity index is 1150. The highest BCUT2D eigenvalue weighted by Gasteiger charge is 2.32. The molecule has 0 bridgehead atoms. The monoisotopic (exact) mass is 479 g/mol. The number of amides is 2. The summed E-state index contributed by atoms with van der Waals surface area (Å²) in [4.78, 5) is 33.9. The van der Waals surface area contributed by atoms with Gasteiger partial charge in [-0.3, -0.25) is 19.5 Å². The van der Waals surface area contributed by atoms with Crippen molar-refractivity contribution >= 4 is 29.1 Å². The fraction of sp³-hybridized carbons (Fsp3) is 0.462. The zero-order valence-corrected chi connectivity index (χ0v) is 20.7. The van der Waals surface area contributed by atoms with Crippen LogP contribution in [0.2, 0.25) is 5.02 Å². The first-order valence-corrected chi connectivity index (χ1v) is 12.1. The third kappa shape index (κ3) is 5.57. The van der Waals surface area contributed by atoms with Gasteiger partial charge in [-0.25, -0.2) is 0 Å². The highest BCUT2D eigenvalue weighted by molar-refractivity contribution is 6.31. The summed E-state index contributed by atoms with van der Waals surface area (Å²) in [7, 11) is 0. The zero-order valence-electron chi connectivity index (χ0n) is 19.9. The van der Waals surface area contributed by atoms with Crippen LogP contribution in [0.1, 0.15) is 58.9 Å². The quantitative estimate of drug-likeness (QED) is 0.666.